The van der Waals surface area contributed by atoms with Crippen LogP contribution >= 0.6 is 0 Å². The van der Waals surface area contributed by atoms with Crippen LogP contribution in [0.2, 0.25) is 0 Å². The van der Waals surface area contributed by atoms with Gasteiger partial charge in [-0.1, -0.05) is 48.5 Å². The van der Waals surface area contributed by atoms with Crippen LogP contribution in [0, 0.1) is 28.6 Å². The van der Waals surface area contributed by atoms with E-state index in [4.69, 9.17) is 0 Å². The molecule has 0 radical (unpaired) electrons. The second-order valence-corrected chi connectivity index (χ2v) is 10.6. The van der Waals surface area contributed by atoms with Crippen LogP contribution in [-0.4, -0.2) is 52.6 Å². The van der Waals surface area contributed by atoms with Gasteiger partial charge in [0.2, 0.25) is 5.91 Å². The summed E-state index contributed by atoms with van der Waals surface area (Å²) in [4.78, 5) is 39.1. The van der Waals surface area contributed by atoms with Gasteiger partial charge in [0.25, 0.3) is 0 Å². The van der Waals surface area contributed by atoms with Gasteiger partial charge in [-0.3, -0.25) is 4.79 Å². The summed E-state index contributed by atoms with van der Waals surface area (Å²) < 4.78 is 0. The number of aliphatic carboxylic acids is 1. The van der Waals surface area contributed by atoms with Crippen molar-refractivity contribution in [2.45, 2.75) is 79.9 Å². The molecule has 1 unspecified atom stereocenters. The number of piperidine rings is 1. The number of carbonyl (C=O) groups is 3. The summed E-state index contributed by atoms with van der Waals surface area (Å²) in [6, 6.07) is -2.16. The minimum absolute atomic E-state index is 0.0890. The monoisotopic (exact) mass is 395 g/mol. The number of fused-ring (bicyclic) bond motifs is 1. The summed E-state index contributed by atoms with van der Waals surface area (Å²) in [7, 11) is 0. The van der Waals surface area contributed by atoms with Crippen LogP contribution in [-0.2, 0) is 9.59 Å². The lowest BCUT2D eigenvalue weighted by Crippen LogP contribution is -2.59. The quantitative estimate of drug-likeness (QED) is 0.644. The Bertz CT molecular complexity index is 638. The summed E-state index contributed by atoms with van der Waals surface area (Å²) in [5, 5.41) is 14.6. The molecule has 1 saturated heterocycles. The van der Waals surface area contributed by atoms with Crippen molar-refractivity contribution in [2.75, 3.05) is 6.54 Å². The number of likely N-dealkylation sites (tertiary alicyclic amines) is 1. The first-order chi connectivity index (χ1) is 12.7. The van der Waals surface area contributed by atoms with Crippen molar-refractivity contribution in [3.63, 3.8) is 0 Å². The molecule has 3 N–H and O–H groups in total. The van der Waals surface area contributed by atoms with Crippen molar-refractivity contribution < 1.29 is 19.5 Å². The van der Waals surface area contributed by atoms with Gasteiger partial charge in [-0.2, -0.15) is 0 Å². The fraction of sp³-hybridized carbons (Fsp3) is 0.857. The lowest BCUT2D eigenvalue weighted by Gasteiger charge is -2.37. The molecular formula is C21H37N3O4. The number of hydrogen-bond acceptors (Lipinski definition) is 3. The van der Waals surface area contributed by atoms with Gasteiger partial charge in [-0.15, -0.1) is 0 Å². The highest BCUT2D eigenvalue weighted by Crippen LogP contribution is 2.64. The smallest absolute Gasteiger partial charge is 0.326 e. The molecule has 160 valence electrons. The molecule has 2 rings (SSSR count). The number of carboxylic acid groups (broad SMARTS) is 1. The molecule has 28 heavy (non-hydrogen) atoms. The molecule has 2 fully saturated rings. The molecule has 1 saturated carbocycles. The van der Waals surface area contributed by atoms with E-state index in [9.17, 15) is 19.5 Å². The zero-order valence-corrected chi connectivity index (χ0v) is 18.5. The number of amides is 3. The Morgan fingerprint density at radius 2 is 1.75 bits per heavy atom. The zero-order valence-electron chi connectivity index (χ0n) is 18.5. The number of rotatable bonds is 6. The Morgan fingerprint density at radius 1 is 1.18 bits per heavy atom. The second-order valence-electron chi connectivity index (χ2n) is 10.6. The third-order valence-corrected chi connectivity index (χ3v) is 6.53. The highest BCUT2D eigenvalue weighted by Gasteiger charge is 2.66. The Hall–Kier alpha value is -1.79. The number of carbonyl (C=O) groups excluding carboxylic acids is 2. The number of nitrogens with zero attached hydrogens (tertiary/aromatic N) is 1. The van der Waals surface area contributed by atoms with Gasteiger partial charge in [0, 0.05) is 12.6 Å². The largest absolute Gasteiger partial charge is 0.480 e. The molecule has 5 atom stereocenters. The van der Waals surface area contributed by atoms with Crippen LogP contribution in [0.3, 0.4) is 0 Å². The maximum absolute atomic E-state index is 13.3. The highest BCUT2D eigenvalue weighted by atomic mass is 16.4. The zero-order chi connectivity index (χ0) is 21.6. The first kappa shape index (κ1) is 22.5. The fourth-order valence-corrected chi connectivity index (χ4v) is 4.79. The molecule has 2 aliphatic rings. The summed E-state index contributed by atoms with van der Waals surface area (Å²) in [5.41, 5.74) is -0.211. The lowest BCUT2D eigenvalue weighted by molar-refractivity contribution is -0.139. The lowest BCUT2D eigenvalue weighted by atomic mass is 9.85. The molecule has 3 amide bonds. The predicted molar refractivity (Wildman–Crippen MR) is 108 cm³/mol. The van der Waals surface area contributed by atoms with Crippen LogP contribution in [0.15, 0.2) is 0 Å². The van der Waals surface area contributed by atoms with Gasteiger partial charge in [0.1, 0.15) is 12.1 Å². The van der Waals surface area contributed by atoms with Crippen LogP contribution in [0.5, 0.6) is 0 Å². The molecule has 1 aliphatic carbocycles. The molecule has 7 nitrogen and oxygen atoms in total. The number of hydrogen-bond donors (Lipinski definition) is 3. The van der Waals surface area contributed by atoms with E-state index in [1.54, 1.807) is 0 Å². The summed E-state index contributed by atoms with van der Waals surface area (Å²) in [6.45, 7) is 16.8. The normalized spacial score (nSPS) is 27.8. The van der Waals surface area contributed by atoms with Gasteiger partial charge in [0.05, 0.1) is 0 Å². The van der Waals surface area contributed by atoms with E-state index in [0.717, 1.165) is 6.54 Å². The molecular weight excluding hydrogens is 358 g/mol. The van der Waals surface area contributed by atoms with E-state index < -0.39 is 29.5 Å². The van der Waals surface area contributed by atoms with Crippen LogP contribution in [0.1, 0.15) is 61.8 Å². The molecule has 1 aliphatic heterocycles. The van der Waals surface area contributed by atoms with Crippen molar-refractivity contribution in [2.24, 2.45) is 28.6 Å². The minimum Gasteiger partial charge on any atom is -0.480 e. The van der Waals surface area contributed by atoms with E-state index in [-0.39, 0.29) is 23.3 Å². The van der Waals surface area contributed by atoms with Gasteiger partial charge < -0.3 is 20.6 Å². The number of carboxylic acids is 1. The summed E-state index contributed by atoms with van der Waals surface area (Å²) >= 11 is 0. The molecule has 0 spiro atoms. The van der Waals surface area contributed by atoms with Gasteiger partial charge >= 0.3 is 12.0 Å². The maximum atomic E-state index is 13.3. The van der Waals surface area contributed by atoms with Crippen molar-refractivity contribution in [1.82, 2.24) is 15.5 Å². The highest BCUT2D eigenvalue weighted by molar-refractivity contribution is 5.89. The second kappa shape index (κ2) is 7.56. The van der Waals surface area contributed by atoms with E-state index in [0.29, 0.717) is 18.3 Å². The summed E-state index contributed by atoms with van der Waals surface area (Å²) in [6.07, 6.45) is 0.332. The molecule has 0 bridgehead atoms. The van der Waals surface area contributed by atoms with E-state index in [2.05, 4.69) is 31.4 Å². The van der Waals surface area contributed by atoms with Crippen molar-refractivity contribution >= 4 is 17.9 Å². The van der Waals surface area contributed by atoms with Gasteiger partial charge in [-0.05, 0) is 41.9 Å². The van der Waals surface area contributed by atoms with Crippen LogP contribution in [0.4, 0.5) is 4.79 Å². The van der Waals surface area contributed by atoms with Crippen molar-refractivity contribution in [1.29, 1.82) is 0 Å². The third-order valence-electron chi connectivity index (χ3n) is 6.53. The topological polar surface area (TPSA) is 98.7 Å². The Balaban J connectivity index is 2.07. The maximum Gasteiger partial charge on any atom is 0.326 e. The number of urea groups is 1. The van der Waals surface area contributed by atoms with E-state index >= 15 is 0 Å². The summed E-state index contributed by atoms with van der Waals surface area (Å²) in [5.74, 6) is -0.00881. The SMILES string of the molecule is CC(C)CC(NC(=O)N[C@H](C(=O)N1C[C@H]2[C@@H]([C@H]1C)C2(C)C)C(C)(C)C)C(=O)O. The molecule has 7 heteroatoms. The first-order valence-corrected chi connectivity index (χ1v) is 10.3. The Morgan fingerprint density at radius 3 is 2.14 bits per heavy atom. The standard InChI is InChI=1S/C21H37N3O4/c1-11(2)9-14(18(26)27)22-19(28)23-16(20(4,5)6)17(25)24-10-13-15(12(24)3)21(13,7)8/h11-16H,9-10H2,1-8H3,(H,26,27)(H2,22,23,28)/t12-,13+,14?,15-,16-/m1/s1. The predicted octanol–water partition coefficient (Wildman–Crippen LogP) is 2.70. The van der Waals surface area contributed by atoms with Crippen LogP contribution in [0.25, 0.3) is 0 Å². The van der Waals surface area contributed by atoms with Crippen LogP contribution < -0.4 is 10.6 Å². The van der Waals surface area contributed by atoms with E-state index in [1.165, 1.54) is 0 Å². The Kier molecular flexibility index (Phi) is 6.07. The average Bonchev–Trinajstić information content (AvgIpc) is 2.86. The molecule has 0 aromatic rings. The van der Waals surface area contributed by atoms with Gasteiger partial charge in [0.15, 0.2) is 0 Å². The molecule has 0 aromatic carbocycles. The Labute approximate surface area is 168 Å². The van der Waals surface area contributed by atoms with Crippen molar-refractivity contribution in [3.05, 3.63) is 0 Å². The first-order valence-electron chi connectivity index (χ1n) is 10.3. The van der Waals surface area contributed by atoms with Crippen molar-refractivity contribution in [3.8, 4) is 0 Å². The molecule has 1 heterocycles. The average molecular weight is 396 g/mol. The minimum atomic E-state index is -1.07. The fourth-order valence-electron chi connectivity index (χ4n) is 4.79. The van der Waals surface area contributed by atoms with E-state index in [1.807, 2.05) is 39.5 Å². The number of nitrogens with one attached hydrogen (secondary N) is 2. The molecule has 0 aromatic heterocycles. The third kappa shape index (κ3) is 4.44. The van der Waals surface area contributed by atoms with Gasteiger partial charge in [-0.25, -0.2) is 9.59 Å².